The average molecular weight is 458 g/mol. The number of ether oxygens (including phenoxy) is 1. The quantitative estimate of drug-likeness (QED) is 0.678. The van der Waals surface area contributed by atoms with Crippen molar-refractivity contribution in [2.75, 3.05) is 7.11 Å². The van der Waals surface area contributed by atoms with Gasteiger partial charge < -0.3 is 14.5 Å². The molecule has 1 saturated heterocycles. The Hall–Kier alpha value is -1.51. The lowest BCUT2D eigenvalue weighted by atomic mass is 10.3. The highest BCUT2D eigenvalue weighted by molar-refractivity contribution is 9.13. The maximum atomic E-state index is 12.0. The molecule has 1 aromatic carbocycles. The van der Waals surface area contributed by atoms with Crippen molar-refractivity contribution in [3.05, 3.63) is 50.1 Å². The number of amides is 1. The van der Waals surface area contributed by atoms with Crippen LogP contribution in [0.1, 0.15) is 5.76 Å². The Labute approximate surface area is 153 Å². The zero-order valence-electron chi connectivity index (χ0n) is 11.8. The molecule has 0 spiro atoms. The lowest BCUT2D eigenvalue weighted by molar-refractivity contribution is -0.115. The fraction of sp³-hybridized carbons (Fsp3) is 0.0667. The van der Waals surface area contributed by atoms with E-state index in [1.54, 1.807) is 19.3 Å². The van der Waals surface area contributed by atoms with Crippen LogP contribution >= 0.6 is 43.6 Å². The average Bonchev–Trinajstić information content (AvgIpc) is 3.03. The number of rotatable bonds is 3. The Bertz CT molecular complexity index is 793. The molecule has 1 fully saturated rings. The number of hydrogen-bond donors (Lipinski definition) is 1. The van der Waals surface area contributed by atoms with Gasteiger partial charge in [-0.3, -0.25) is 4.79 Å². The molecule has 1 aromatic heterocycles. The summed E-state index contributed by atoms with van der Waals surface area (Å²) in [5.41, 5.74) is 0.735. The first-order valence-electron chi connectivity index (χ1n) is 6.43. The molecule has 1 N–H and O–H groups in total. The third kappa shape index (κ3) is 3.88. The number of thioether (sulfide) groups is 1. The number of carbonyl (C=O) groups excluding carboxylic acids is 1. The number of amidine groups is 1. The standard InChI is InChI=1S/C15H10Br2N2O3S/c1-21-9-4-2-8(3-5-9)18-15-19-14(20)12(23-15)7-10-6-11(16)13(17)22-10/h2-7H,1H3,(H,18,19,20)/b12-7-. The number of benzene rings is 1. The predicted octanol–water partition coefficient (Wildman–Crippen LogP) is 4.70. The van der Waals surface area contributed by atoms with Gasteiger partial charge in [0.2, 0.25) is 0 Å². The molecule has 118 valence electrons. The summed E-state index contributed by atoms with van der Waals surface area (Å²) in [7, 11) is 1.61. The van der Waals surface area contributed by atoms with Crippen LogP contribution in [0.15, 0.2) is 53.8 Å². The first-order valence-corrected chi connectivity index (χ1v) is 8.84. The van der Waals surface area contributed by atoms with E-state index in [9.17, 15) is 4.79 Å². The summed E-state index contributed by atoms with van der Waals surface area (Å²) in [6.45, 7) is 0. The molecule has 5 nitrogen and oxygen atoms in total. The molecular formula is C15H10Br2N2O3S. The van der Waals surface area contributed by atoms with Crippen molar-refractivity contribution < 1.29 is 13.9 Å². The second-order valence-corrected chi connectivity index (χ2v) is 7.06. The molecule has 1 amide bonds. The van der Waals surface area contributed by atoms with E-state index in [2.05, 4.69) is 42.2 Å². The molecule has 0 bridgehead atoms. The Balaban J connectivity index is 1.79. The number of nitrogens with one attached hydrogen (secondary N) is 1. The molecule has 23 heavy (non-hydrogen) atoms. The zero-order chi connectivity index (χ0) is 16.4. The van der Waals surface area contributed by atoms with Crippen molar-refractivity contribution in [2.24, 2.45) is 4.99 Å². The summed E-state index contributed by atoms with van der Waals surface area (Å²) >= 11 is 7.86. The van der Waals surface area contributed by atoms with E-state index >= 15 is 0 Å². The van der Waals surface area contributed by atoms with Gasteiger partial charge in [-0.15, -0.1) is 0 Å². The Morgan fingerprint density at radius 2 is 2.04 bits per heavy atom. The van der Waals surface area contributed by atoms with Crippen LogP contribution in [0.25, 0.3) is 6.08 Å². The fourth-order valence-corrected chi connectivity index (χ4v) is 3.25. The summed E-state index contributed by atoms with van der Waals surface area (Å²) in [4.78, 5) is 16.9. The number of hydrogen-bond acceptors (Lipinski definition) is 5. The van der Waals surface area contributed by atoms with Crippen LogP contribution in [0.5, 0.6) is 5.75 Å². The maximum Gasteiger partial charge on any atom is 0.264 e. The number of aliphatic imine (C=N–C) groups is 1. The highest BCUT2D eigenvalue weighted by Crippen LogP contribution is 2.32. The van der Waals surface area contributed by atoms with Gasteiger partial charge in [0, 0.05) is 6.08 Å². The molecule has 1 aliphatic rings. The van der Waals surface area contributed by atoms with Gasteiger partial charge in [0.25, 0.3) is 5.91 Å². The van der Waals surface area contributed by atoms with Gasteiger partial charge in [-0.25, -0.2) is 4.99 Å². The fourth-order valence-electron chi connectivity index (χ4n) is 1.82. The lowest BCUT2D eigenvalue weighted by Crippen LogP contribution is -2.19. The number of halogens is 2. The van der Waals surface area contributed by atoms with Crippen molar-refractivity contribution in [1.29, 1.82) is 0 Å². The number of carbonyl (C=O) groups is 1. The molecule has 0 atom stereocenters. The second-order valence-electron chi connectivity index (χ2n) is 4.45. The molecular weight excluding hydrogens is 448 g/mol. The molecule has 8 heteroatoms. The summed E-state index contributed by atoms with van der Waals surface area (Å²) < 4.78 is 11.9. The topological polar surface area (TPSA) is 63.8 Å². The van der Waals surface area contributed by atoms with Crippen molar-refractivity contribution in [1.82, 2.24) is 5.32 Å². The molecule has 2 aromatic rings. The van der Waals surface area contributed by atoms with E-state index in [4.69, 9.17) is 9.15 Å². The van der Waals surface area contributed by atoms with E-state index in [1.807, 2.05) is 24.3 Å². The molecule has 0 aliphatic carbocycles. The van der Waals surface area contributed by atoms with Crippen molar-refractivity contribution in [3.63, 3.8) is 0 Å². The van der Waals surface area contributed by atoms with Crippen molar-refractivity contribution >= 4 is 66.5 Å². The summed E-state index contributed by atoms with van der Waals surface area (Å²) in [6.07, 6.45) is 1.67. The molecule has 3 rings (SSSR count). The van der Waals surface area contributed by atoms with E-state index in [0.29, 0.717) is 20.5 Å². The van der Waals surface area contributed by atoms with Crippen molar-refractivity contribution in [3.8, 4) is 5.75 Å². The predicted molar refractivity (Wildman–Crippen MR) is 97.9 cm³/mol. The van der Waals surface area contributed by atoms with E-state index in [1.165, 1.54) is 11.8 Å². The van der Waals surface area contributed by atoms with Gasteiger partial charge in [-0.05, 0) is 74.0 Å². The highest BCUT2D eigenvalue weighted by Gasteiger charge is 2.24. The smallest absolute Gasteiger partial charge is 0.264 e. The second kappa shape index (κ2) is 6.94. The lowest BCUT2D eigenvalue weighted by Gasteiger charge is -1.99. The Morgan fingerprint density at radius 1 is 1.30 bits per heavy atom. The van der Waals surface area contributed by atoms with Gasteiger partial charge in [-0.1, -0.05) is 0 Å². The van der Waals surface area contributed by atoms with Crippen LogP contribution in [-0.2, 0) is 4.79 Å². The first kappa shape index (κ1) is 16.4. The van der Waals surface area contributed by atoms with Crippen molar-refractivity contribution in [2.45, 2.75) is 0 Å². The largest absolute Gasteiger partial charge is 0.497 e. The minimum absolute atomic E-state index is 0.203. The molecule has 1 aliphatic heterocycles. The minimum Gasteiger partial charge on any atom is -0.497 e. The van der Waals surface area contributed by atoms with Crippen LogP contribution in [0.4, 0.5) is 5.69 Å². The van der Waals surface area contributed by atoms with Gasteiger partial charge >= 0.3 is 0 Å². The van der Waals surface area contributed by atoms with E-state index in [0.717, 1.165) is 15.9 Å². The zero-order valence-corrected chi connectivity index (χ0v) is 15.8. The van der Waals surface area contributed by atoms with Crippen LogP contribution in [-0.4, -0.2) is 18.2 Å². The third-order valence-electron chi connectivity index (χ3n) is 2.89. The molecule has 0 saturated carbocycles. The maximum absolute atomic E-state index is 12.0. The molecule has 2 heterocycles. The van der Waals surface area contributed by atoms with Gasteiger partial charge in [0.15, 0.2) is 9.84 Å². The summed E-state index contributed by atoms with van der Waals surface area (Å²) in [6, 6.07) is 9.05. The third-order valence-corrected chi connectivity index (χ3v) is 5.51. The molecule has 0 unspecified atom stereocenters. The van der Waals surface area contributed by atoms with Crippen LogP contribution < -0.4 is 10.1 Å². The monoisotopic (exact) mass is 456 g/mol. The Kier molecular flexibility index (Phi) is 4.93. The van der Waals surface area contributed by atoms with Gasteiger partial charge in [-0.2, -0.15) is 0 Å². The normalized spacial score (nSPS) is 17.8. The van der Waals surface area contributed by atoms with E-state index < -0.39 is 0 Å². The number of furan rings is 1. The minimum atomic E-state index is -0.203. The summed E-state index contributed by atoms with van der Waals surface area (Å²) in [5.74, 6) is 1.13. The Morgan fingerprint density at radius 3 is 2.65 bits per heavy atom. The van der Waals surface area contributed by atoms with Gasteiger partial charge in [0.05, 0.1) is 22.2 Å². The van der Waals surface area contributed by atoms with Crippen LogP contribution in [0.3, 0.4) is 0 Å². The van der Waals surface area contributed by atoms with Crippen LogP contribution in [0, 0.1) is 0 Å². The van der Waals surface area contributed by atoms with E-state index in [-0.39, 0.29) is 5.91 Å². The van der Waals surface area contributed by atoms with Crippen LogP contribution in [0.2, 0.25) is 0 Å². The first-order chi connectivity index (χ1) is 11.0. The highest BCUT2D eigenvalue weighted by atomic mass is 79.9. The molecule has 0 radical (unpaired) electrons. The number of nitrogens with zero attached hydrogens (tertiary/aromatic N) is 1. The number of methoxy groups -OCH3 is 1. The van der Waals surface area contributed by atoms with Gasteiger partial charge in [0.1, 0.15) is 11.5 Å². The SMILES string of the molecule is COc1ccc(N=C2NC(=O)/C(=C/c3cc(Br)c(Br)o3)S2)cc1. The summed E-state index contributed by atoms with van der Waals surface area (Å²) in [5, 5.41) is 3.26.